The van der Waals surface area contributed by atoms with Crippen LogP contribution in [0, 0.1) is 30.3 Å². The van der Waals surface area contributed by atoms with Crippen molar-refractivity contribution in [1.29, 1.82) is 0 Å². The zero-order valence-corrected chi connectivity index (χ0v) is 15.5. The third-order valence-electron chi connectivity index (χ3n) is 3.48. The number of rotatable bonds is 6. The molecule has 1 fully saturated rings. The predicted octanol–water partition coefficient (Wildman–Crippen LogP) is 3.23. The number of nitrogens with zero attached hydrogens (tertiary/aromatic N) is 4. The van der Waals surface area contributed by atoms with Crippen LogP contribution in [-0.2, 0) is 4.79 Å². The number of carbonyl (C=O) groups excluding carboxylic acids is 1. The van der Waals surface area contributed by atoms with E-state index in [4.69, 9.17) is 16.6 Å². The molecule has 148 valence electrons. The Labute approximate surface area is 169 Å². The number of nitro benzene ring substituents is 2. The fourth-order valence-corrected chi connectivity index (χ4v) is 3.37. The van der Waals surface area contributed by atoms with Crippen molar-refractivity contribution in [3.05, 3.63) is 71.3 Å². The summed E-state index contributed by atoms with van der Waals surface area (Å²) in [6.07, 6.45) is 1.23. The van der Waals surface area contributed by atoms with E-state index in [0.717, 1.165) is 41.0 Å². The summed E-state index contributed by atoms with van der Waals surface area (Å²) in [6.45, 7) is 0. The number of carbonyl (C=O) groups is 1. The number of nitrogens with one attached hydrogen (secondary N) is 1. The molecule has 2 aromatic rings. The van der Waals surface area contributed by atoms with Crippen LogP contribution in [0.25, 0.3) is 6.08 Å². The Balaban J connectivity index is 1.87. The van der Waals surface area contributed by atoms with Crippen LogP contribution in [0.5, 0.6) is 0 Å². The Hall–Kier alpha value is -3.85. The topological polar surface area (TPSA) is 175 Å². The van der Waals surface area contributed by atoms with Gasteiger partial charge >= 0.3 is 11.6 Å². The minimum Gasteiger partial charge on any atom is -0.401 e. The average molecular weight is 437 g/mol. The van der Waals surface area contributed by atoms with Crippen LogP contribution in [0.15, 0.2) is 39.7 Å². The van der Waals surface area contributed by atoms with Gasteiger partial charge in [0.15, 0.2) is 4.32 Å². The fraction of sp³-hybridized carbons (Fsp3) is 0. The van der Waals surface area contributed by atoms with Crippen LogP contribution >= 0.6 is 24.0 Å². The highest BCUT2D eigenvalue weighted by atomic mass is 32.2. The highest BCUT2D eigenvalue weighted by Gasteiger charge is 2.34. The maximum atomic E-state index is 12.6. The Morgan fingerprint density at radius 3 is 2.38 bits per heavy atom. The molecule has 1 saturated heterocycles. The number of amides is 1. The van der Waals surface area contributed by atoms with Crippen molar-refractivity contribution in [2.24, 2.45) is 0 Å². The van der Waals surface area contributed by atoms with Gasteiger partial charge in [0.1, 0.15) is 16.4 Å². The van der Waals surface area contributed by atoms with E-state index in [-0.39, 0.29) is 20.7 Å². The summed E-state index contributed by atoms with van der Waals surface area (Å²) in [5.74, 6) is -1.16. The molecule has 1 N–H and O–H groups in total. The molecule has 1 aliphatic rings. The van der Waals surface area contributed by atoms with E-state index in [2.05, 4.69) is 5.43 Å². The van der Waals surface area contributed by atoms with Crippen LogP contribution < -0.4 is 5.43 Å². The van der Waals surface area contributed by atoms with Gasteiger partial charge in [-0.15, -0.1) is 0 Å². The number of furan rings is 1. The summed E-state index contributed by atoms with van der Waals surface area (Å²) in [6, 6.07) is 5.27. The molecule has 2 heterocycles. The normalized spacial score (nSPS) is 15.0. The summed E-state index contributed by atoms with van der Waals surface area (Å²) >= 11 is 5.92. The number of anilines is 1. The van der Waals surface area contributed by atoms with Gasteiger partial charge in [-0.2, -0.15) is 0 Å². The molecular formula is C14H7N5O8S2. The zero-order valence-electron chi connectivity index (χ0n) is 13.8. The highest BCUT2D eigenvalue weighted by molar-refractivity contribution is 8.26. The molecule has 0 radical (unpaired) electrons. The van der Waals surface area contributed by atoms with E-state index in [1.165, 1.54) is 12.1 Å². The molecule has 1 aromatic carbocycles. The number of hydrogen-bond donors (Lipinski definition) is 1. The molecule has 1 aromatic heterocycles. The molecule has 0 spiro atoms. The van der Waals surface area contributed by atoms with Crippen molar-refractivity contribution in [2.75, 3.05) is 5.43 Å². The van der Waals surface area contributed by atoms with Crippen molar-refractivity contribution < 1.29 is 24.0 Å². The number of hydrogen-bond acceptors (Lipinski definition) is 11. The second-order valence-corrected chi connectivity index (χ2v) is 6.95. The van der Waals surface area contributed by atoms with Crippen LogP contribution in [0.4, 0.5) is 22.9 Å². The van der Waals surface area contributed by atoms with Crippen molar-refractivity contribution in [3.63, 3.8) is 0 Å². The minimum atomic E-state index is -0.842. The standard InChI is InChI=1S/C14H7N5O8S2/c20-13-11(6-8-2-4-12(27-8)19(25)26)29-14(28)16(13)15-9-3-1-7(17(21)22)5-10(9)18(23)24/h1-6,15H/b11-6+. The fourth-order valence-electron chi connectivity index (χ4n) is 2.21. The number of thiocarbonyl (C=S) groups is 1. The van der Waals surface area contributed by atoms with E-state index < -0.39 is 37.9 Å². The van der Waals surface area contributed by atoms with Gasteiger partial charge in [-0.25, -0.2) is 5.01 Å². The lowest BCUT2D eigenvalue weighted by Gasteiger charge is -2.16. The van der Waals surface area contributed by atoms with Crippen LogP contribution in [-0.4, -0.2) is 30.0 Å². The van der Waals surface area contributed by atoms with Crippen LogP contribution in [0.1, 0.15) is 5.76 Å². The third kappa shape index (κ3) is 4.04. The molecular weight excluding hydrogens is 430 g/mol. The molecule has 1 amide bonds. The Morgan fingerprint density at radius 1 is 1.07 bits per heavy atom. The summed E-state index contributed by atoms with van der Waals surface area (Å²) in [7, 11) is 0. The SMILES string of the molecule is O=C1/C(=C\c2ccc([N+](=O)[O-])o2)SC(=S)N1Nc1ccc([N+](=O)[O-])cc1[N+](=O)[O-]. The van der Waals surface area contributed by atoms with Gasteiger partial charge in [-0.1, -0.05) is 11.8 Å². The summed E-state index contributed by atoms with van der Waals surface area (Å²) in [5, 5.41) is 33.5. The average Bonchev–Trinajstić information content (AvgIpc) is 3.22. The molecule has 3 rings (SSSR count). The van der Waals surface area contributed by atoms with E-state index in [0.29, 0.717) is 0 Å². The maximum Gasteiger partial charge on any atom is 0.433 e. The van der Waals surface area contributed by atoms with E-state index in [1.807, 2.05) is 0 Å². The van der Waals surface area contributed by atoms with Crippen molar-refractivity contribution in [3.8, 4) is 0 Å². The second-order valence-electron chi connectivity index (χ2n) is 5.28. The first kappa shape index (κ1) is 19.9. The summed E-state index contributed by atoms with van der Waals surface area (Å²) < 4.78 is 4.95. The van der Waals surface area contributed by atoms with Crippen LogP contribution in [0.2, 0.25) is 0 Å². The molecule has 1 aliphatic heterocycles. The second kappa shape index (κ2) is 7.64. The number of hydrazine groups is 1. The number of non-ortho nitro benzene ring substituents is 1. The quantitative estimate of drug-likeness (QED) is 0.304. The Kier molecular flexibility index (Phi) is 5.24. The largest absolute Gasteiger partial charge is 0.433 e. The van der Waals surface area contributed by atoms with Gasteiger partial charge < -0.3 is 4.42 Å². The lowest BCUT2D eigenvalue weighted by Crippen LogP contribution is -2.34. The van der Waals surface area contributed by atoms with E-state index in [1.54, 1.807) is 0 Å². The zero-order chi connectivity index (χ0) is 21.3. The first-order valence-corrected chi connectivity index (χ1v) is 8.61. The van der Waals surface area contributed by atoms with Gasteiger partial charge in [-0.3, -0.25) is 40.6 Å². The summed E-state index contributed by atoms with van der Waals surface area (Å²) in [4.78, 5) is 42.9. The highest BCUT2D eigenvalue weighted by Crippen LogP contribution is 2.36. The van der Waals surface area contributed by atoms with E-state index >= 15 is 0 Å². The molecule has 0 aliphatic carbocycles. The van der Waals surface area contributed by atoms with E-state index in [9.17, 15) is 35.1 Å². The molecule has 0 bridgehead atoms. The number of thioether (sulfide) groups is 1. The molecule has 0 unspecified atom stereocenters. The number of benzene rings is 1. The lowest BCUT2D eigenvalue weighted by atomic mass is 10.2. The van der Waals surface area contributed by atoms with Crippen molar-refractivity contribution in [1.82, 2.24) is 5.01 Å². The smallest absolute Gasteiger partial charge is 0.401 e. The first-order chi connectivity index (χ1) is 13.7. The van der Waals surface area contributed by atoms with Gasteiger partial charge in [0.05, 0.1) is 26.9 Å². The molecule has 13 nitrogen and oxygen atoms in total. The number of nitro groups is 3. The Bertz CT molecular complexity index is 1110. The monoisotopic (exact) mass is 437 g/mol. The van der Waals surface area contributed by atoms with Gasteiger partial charge in [-0.05, 0) is 24.4 Å². The van der Waals surface area contributed by atoms with Gasteiger partial charge in [0.25, 0.3) is 11.6 Å². The molecule has 0 saturated carbocycles. The van der Waals surface area contributed by atoms with Crippen molar-refractivity contribution in [2.45, 2.75) is 0 Å². The predicted molar refractivity (Wildman–Crippen MR) is 104 cm³/mol. The molecule has 29 heavy (non-hydrogen) atoms. The minimum absolute atomic E-state index is 0.00467. The van der Waals surface area contributed by atoms with Gasteiger partial charge in [0.2, 0.25) is 0 Å². The first-order valence-electron chi connectivity index (χ1n) is 7.39. The van der Waals surface area contributed by atoms with Crippen molar-refractivity contribution >= 4 is 63.2 Å². The van der Waals surface area contributed by atoms with Gasteiger partial charge in [0, 0.05) is 12.1 Å². The Morgan fingerprint density at radius 2 is 1.79 bits per heavy atom. The van der Waals surface area contributed by atoms with Crippen LogP contribution in [0.3, 0.4) is 0 Å². The summed E-state index contributed by atoms with van der Waals surface area (Å²) in [5.41, 5.74) is 1.17. The maximum absolute atomic E-state index is 12.6. The molecule has 0 atom stereocenters. The molecule has 15 heteroatoms. The third-order valence-corrected chi connectivity index (χ3v) is 4.78. The lowest BCUT2D eigenvalue weighted by molar-refractivity contribution is -0.402.